The van der Waals surface area contributed by atoms with Gasteiger partial charge in [0.2, 0.25) is 11.9 Å². The summed E-state index contributed by atoms with van der Waals surface area (Å²) < 4.78 is 5.15. The fourth-order valence-electron chi connectivity index (χ4n) is 2.38. The average Bonchev–Trinajstić information content (AvgIpc) is 2.67. The normalized spacial score (nSPS) is 10.4. The van der Waals surface area contributed by atoms with Gasteiger partial charge in [0.05, 0.1) is 15.5 Å². The zero-order valence-electron chi connectivity index (χ0n) is 15.1. The molecule has 0 aliphatic rings. The molecule has 3 aromatic rings. The summed E-state index contributed by atoms with van der Waals surface area (Å²) >= 11 is 5.93. The highest BCUT2D eigenvalue weighted by atomic mass is 35.5. The number of nitro benzene ring substituents is 1. The predicted octanol–water partition coefficient (Wildman–Crippen LogP) is 3.42. The van der Waals surface area contributed by atoms with Crippen molar-refractivity contribution in [2.75, 3.05) is 11.1 Å². The van der Waals surface area contributed by atoms with Crippen LogP contribution in [0.1, 0.15) is 21.7 Å². The first-order valence-corrected chi connectivity index (χ1v) is 8.65. The molecule has 0 amide bonds. The third-order valence-corrected chi connectivity index (χ3v) is 4.12. The summed E-state index contributed by atoms with van der Waals surface area (Å²) in [6.07, 6.45) is 0. The van der Waals surface area contributed by atoms with Crippen LogP contribution in [-0.2, 0) is 11.3 Å². The number of aryl methyl sites for hydroxylation is 1. The van der Waals surface area contributed by atoms with E-state index in [-0.39, 0.29) is 40.6 Å². The van der Waals surface area contributed by atoms with Gasteiger partial charge in [0.15, 0.2) is 12.4 Å². The Bertz CT molecular complexity index is 1090. The fourth-order valence-corrected chi connectivity index (χ4v) is 2.63. The van der Waals surface area contributed by atoms with Gasteiger partial charge < -0.3 is 15.8 Å². The summed E-state index contributed by atoms with van der Waals surface area (Å²) in [5.74, 6) is -0.501. The average molecular weight is 415 g/mol. The molecule has 1 aromatic heterocycles. The van der Waals surface area contributed by atoms with Crippen molar-refractivity contribution in [3.05, 3.63) is 74.6 Å². The molecular formula is C18H15ClN6O4. The van der Waals surface area contributed by atoms with Crippen molar-refractivity contribution < 1.29 is 14.5 Å². The van der Waals surface area contributed by atoms with Crippen LogP contribution in [0.25, 0.3) is 0 Å². The summed E-state index contributed by atoms with van der Waals surface area (Å²) in [7, 11) is 0. The van der Waals surface area contributed by atoms with E-state index in [1.807, 2.05) is 31.2 Å². The van der Waals surface area contributed by atoms with E-state index >= 15 is 0 Å². The van der Waals surface area contributed by atoms with Gasteiger partial charge in [-0.1, -0.05) is 29.8 Å². The Balaban J connectivity index is 1.72. The van der Waals surface area contributed by atoms with E-state index in [1.54, 1.807) is 0 Å². The summed E-state index contributed by atoms with van der Waals surface area (Å²) in [4.78, 5) is 34.5. The lowest BCUT2D eigenvalue weighted by Gasteiger charge is -2.10. The molecule has 0 aliphatic carbocycles. The number of aromatic nitrogens is 3. The molecule has 0 saturated heterocycles. The number of hydrogen-bond acceptors (Lipinski definition) is 9. The molecule has 1 heterocycles. The third-order valence-electron chi connectivity index (χ3n) is 3.81. The van der Waals surface area contributed by atoms with E-state index in [4.69, 9.17) is 22.1 Å². The Kier molecular flexibility index (Phi) is 5.84. The lowest BCUT2D eigenvalue weighted by Crippen LogP contribution is -2.11. The second-order valence-electron chi connectivity index (χ2n) is 5.87. The lowest BCUT2D eigenvalue weighted by molar-refractivity contribution is -0.384. The van der Waals surface area contributed by atoms with E-state index in [0.29, 0.717) is 0 Å². The van der Waals surface area contributed by atoms with Gasteiger partial charge in [-0.05, 0) is 24.6 Å². The molecule has 0 unspecified atom stereocenters. The van der Waals surface area contributed by atoms with Crippen LogP contribution in [0.5, 0.6) is 0 Å². The minimum absolute atomic E-state index is 0.0162. The molecule has 0 atom stereocenters. The summed E-state index contributed by atoms with van der Waals surface area (Å²) in [6.45, 7) is 1.63. The van der Waals surface area contributed by atoms with Crippen LogP contribution < -0.4 is 11.1 Å². The molecule has 0 spiro atoms. The molecule has 3 N–H and O–H groups in total. The highest BCUT2D eigenvalue weighted by Gasteiger charge is 2.17. The zero-order valence-corrected chi connectivity index (χ0v) is 15.9. The molecule has 0 radical (unpaired) electrons. The minimum Gasteiger partial charge on any atom is -0.454 e. The smallest absolute Gasteiger partial charge is 0.340 e. The van der Waals surface area contributed by atoms with Crippen molar-refractivity contribution >= 4 is 40.8 Å². The van der Waals surface area contributed by atoms with Crippen LogP contribution in [0.4, 0.5) is 23.3 Å². The quantitative estimate of drug-likeness (QED) is 0.351. The standard InChI is InChI=1S/C18H15ClN6O4/c1-10-4-2-3-5-14(10)21-18-23-15(22-17(20)24-18)9-29-16(26)12-7-6-11(25(27)28)8-13(12)19/h2-8H,9H2,1H3,(H3,20,21,22,23,24). The number of rotatable bonds is 6. The first-order valence-electron chi connectivity index (χ1n) is 8.27. The van der Waals surface area contributed by atoms with Crippen LogP contribution in [0.2, 0.25) is 5.02 Å². The van der Waals surface area contributed by atoms with E-state index in [0.717, 1.165) is 23.4 Å². The minimum atomic E-state index is -0.780. The van der Waals surface area contributed by atoms with Crippen molar-refractivity contribution in [3.63, 3.8) is 0 Å². The second-order valence-corrected chi connectivity index (χ2v) is 6.28. The van der Waals surface area contributed by atoms with Crippen molar-refractivity contribution in [1.29, 1.82) is 0 Å². The Morgan fingerprint density at radius 1 is 1.24 bits per heavy atom. The van der Waals surface area contributed by atoms with Crippen LogP contribution in [-0.4, -0.2) is 25.8 Å². The first kappa shape index (κ1) is 20.0. The van der Waals surface area contributed by atoms with E-state index in [9.17, 15) is 14.9 Å². The van der Waals surface area contributed by atoms with E-state index in [2.05, 4.69) is 20.3 Å². The summed E-state index contributed by atoms with van der Waals surface area (Å²) in [6, 6.07) is 11.0. The van der Waals surface area contributed by atoms with Gasteiger partial charge in [-0.3, -0.25) is 10.1 Å². The van der Waals surface area contributed by atoms with Gasteiger partial charge in [0, 0.05) is 17.8 Å². The molecule has 0 saturated carbocycles. The van der Waals surface area contributed by atoms with E-state index in [1.165, 1.54) is 6.07 Å². The van der Waals surface area contributed by atoms with Gasteiger partial charge in [-0.2, -0.15) is 15.0 Å². The molecule has 0 aliphatic heterocycles. The third kappa shape index (κ3) is 4.93. The Labute approximate surface area is 169 Å². The zero-order chi connectivity index (χ0) is 21.0. The molecule has 148 valence electrons. The number of non-ortho nitro benzene ring substituents is 1. The molecule has 10 nitrogen and oxygen atoms in total. The maximum absolute atomic E-state index is 12.2. The Morgan fingerprint density at radius 2 is 2.00 bits per heavy atom. The highest BCUT2D eigenvalue weighted by Crippen LogP contribution is 2.23. The fraction of sp³-hybridized carbons (Fsp3) is 0.111. The molecule has 11 heteroatoms. The number of nitrogens with two attached hydrogens (primary N) is 1. The number of halogens is 1. The number of nitrogens with one attached hydrogen (secondary N) is 1. The van der Waals surface area contributed by atoms with Crippen LogP contribution >= 0.6 is 11.6 Å². The molecule has 2 aromatic carbocycles. The van der Waals surface area contributed by atoms with Gasteiger partial charge >= 0.3 is 5.97 Å². The molecule has 3 rings (SSSR count). The number of anilines is 3. The number of nitrogens with zero attached hydrogens (tertiary/aromatic N) is 4. The molecular weight excluding hydrogens is 400 g/mol. The number of para-hydroxylation sites is 1. The van der Waals surface area contributed by atoms with Gasteiger partial charge in [0.1, 0.15) is 0 Å². The Hall–Kier alpha value is -3.79. The van der Waals surface area contributed by atoms with Crippen molar-refractivity contribution in [1.82, 2.24) is 15.0 Å². The second kappa shape index (κ2) is 8.48. The van der Waals surface area contributed by atoms with Crippen LogP contribution in [0.3, 0.4) is 0 Å². The van der Waals surface area contributed by atoms with E-state index < -0.39 is 10.9 Å². The number of nitrogen functional groups attached to an aromatic ring is 1. The summed E-state index contributed by atoms with van der Waals surface area (Å²) in [5, 5.41) is 13.7. The number of ether oxygens (including phenoxy) is 1. The molecule has 0 fully saturated rings. The predicted molar refractivity (Wildman–Crippen MR) is 106 cm³/mol. The maximum atomic E-state index is 12.2. The van der Waals surface area contributed by atoms with Crippen molar-refractivity contribution in [3.8, 4) is 0 Å². The van der Waals surface area contributed by atoms with Crippen molar-refractivity contribution in [2.24, 2.45) is 0 Å². The van der Waals surface area contributed by atoms with Gasteiger partial charge in [0.25, 0.3) is 5.69 Å². The largest absolute Gasteiger partial charge is 0.454 e. The summed E-state index contributed by atoms with van der Waals surface area (Å²) in [5.41, 5.74) is 7.23. The topological polar surface area (TPSA) is 146 Å². The van der Waals surface area contributed by atoms with Crippen molar-refractivity contribution in [2.45, 2.75) is 13.5 Å². The Morgan fingerprint density at radius 3 is 2.69 bits per heavy atom. The first-order chi connectivity index (χ1) is 13.8. The number of esters is 1. The van der Waals surface area contributed by atoms with Crippen LogP contribution in [0, 0.1) is 17.0 Å². The number of carbonyl (C=O) groups is 1. The number of hydrogen-bond donors (Lipinski definition) is 2. The SMILES string of the molecule is Cc1ccccc1Nc1nc(N)nc(COC(=O)c2ccc([N+](=O)[O-])cc2Cl)n1. The lowest BCUT2D eigenvalue weighted by atomic mass is 10.2. The van der Waals surface area contributed by atoms with Gasteiger partial charge in [-0.15, -0.1) is 0 Å². The number of nitro groups is 1. The molecule has 0 bridgehead atoms. The maximum Gasteiger partial charge on any atom is 0.340 e. The van der Waals surface area contributed by atoms with Gasteiger partial charge in [-0.25, -0.2) is 4.79 Å². The van der Waals surface area contributed by atoms with Crippen LogP contribution in [0.15, 0.2) is 42.5 Å². The number of carbonyl (C=O) groups excluding carboxylic acids is 1. The number of benzene rings is 2. The molecule has 29 heavy (non-hydrogen) atoms. The monoisotopic (exact) mass is 414 g/mol. The highest BCUT2D eigenvalue weighted by molar-refractivity contribution is 6.33.